The molecule has 1 atom stereocenters. The van der Waals surface area contributed by atoms with Crippen molar-refractivity contribution in [2.24, 2.45) is 5.92 Å². The SMILES string of the molecule is CC[C@H](C)N(Cc1ccc(OC)c(OS(=O)(=O)CC)c1)C(=O)C1CCC1. The van der Waals surface area contributed by atoms with Crippen molar-refractivity contribution in [3.8, 4) is 11.5 Å². The van der Waals surface area contributed by atoms with Gasteiger partial charge < -0.3 is 13.8 Å². The van der Waals surface area contributed by atoms with Gasteiger partial charge in [0.05, 0.1) is 12.9 Å². The molecule has 1 aliphatic rings. The summed E-state index contributed by atoms with van der Waals surface area (Å²) in [5.41, 5.74) is 0.820. The second-order valence-electron chi connectivity index (χ2n) is 6.77. The summed E-state index contributed by atoms with van der Waals surface area (Å²) < 4.78 is 34.0. The normalized spacial score (nSPS) is 15.8. The highest BCUT2D eigenvalue weighted by atomic mass is 32.2. The molecule has 1 aromatic rings. The van der Waals surface area contributed by atoms with Gasteiger partial charge in [-0.1, -0.05) is 19.4 Å². The van der Waals surface area contributed by atoms with Crippen molar-refractivity contribution in [3.05, 3.63) is 23.8 Å². The van der Waals surface area contributed by atoms with Gasteiger partial charge in [0, 0.05) is 18.5 Å². The summed E-state index contributed by atoms with van der Waals surface area (Å²) in [6, 6.07) is 5.29. The Labute approximate surface area is 156 Å². The molecule has 0 unspecified atom stereocenters. The molecule has 6 nitrogen and oxygen atoms in total. The molecule has 2 rings (SSSR count). The number of ether oxygens (including phenoxy) is 1. The van der Waals surface area contributed by atoms with E-state index in [4.69, 9.17) is 8.92 Å². The van der Waals surface area contributed by atoms with Gasteiger partial charge in [-0.2, -0.15) is 8.42 Å². The van der Waals surface area contributed by atoms with Crippen LogP contribution >= 0.6 is 0 Å². The average molecular weight is 384 g/mol. The lowest BCUT2D eigenvalue weighted by Crippen LogP contribution is -2.43. The maximum Gasteiger partial charge on any atom is 0.309 e. The first kappa shape index (κ1) is 20.6. The summed E-state index contributed by atoms with van der Waals surface area (Å²) in [4.78, 5) is 14.7. The molecule has 0 bridgehead atoms. The third-order valence-electron chi connectivity index (χ3n) is 5.01. The Balaban J connectivity index is 2.26. The zero-order valence-electron chi connectivity index (χ0n) is 16.0. The molecule has 0 spiro atoms. The predicted molar refractivity (Wildman–Crippen MR) is 101 cm³/mol. The van der Waals surface area contributed by atoms with Crippen molar-refractivity contribution in [1.82, 2.24) is 4.90 Å². The molecule has 1 amide bonds. The van der Waals surface area contributed by atoms with Crippen LogP contribution in [0.2, 0.25) is 0 Å². The molecule has 146 valence electrons. The molecule has 0 saturated heterocycles. The van der Waals surface area contributed by atoms with E-state index < -0.39 is 10.1 Å². The highest BCUT2D eigenvalue weighted by Crippen LogP contribution is 2.32. The first-order valence-corrected chi connectivity index (χ1v) is 10.8. The van der Waals surface area contributed by atoms with Gasteiger partial charge in [0.2, 0.25) is 5.91 Å². The van der Waals surface area contributed by atoms with Crippen molar-refractivity contribution in [1.29, 1.82) is 0 Å². The third-order valence-corrected chi connectivity index (χ3v) is 6.15. The minimum Gasteiger partial charge on any atom is -0.493 e. The predicted octanol–water partition coefficient (Wildman–Crippen LogP) is 3.35. The highest BCUT2D eigenvalue weighted by molar-refractivity contribution is 7.87. The van der Waals surface area contributed by atoms with Crippen molar-refractivity contribution < 1.29 is 22.1 Å². The van der Waals surface area contributed by atoms with Crippen LogP contribution in [0.4, 0.5) is 0 Å². The topological polar surface area (TPSA) is 72.9 Å². The zero-order valence-corrected chi connectivity index (χ0v) is 16.8. The van der Waals surface area contributed by atoms with Gasteiger partial charge >= 0.3 is 10.1 Å². The Morgan fingerprint density at radius 2 is 1.96 bits per heavy atom. The standard InChI is InChI=1S/C19H29NO5S/c1-5-14(3)20(19(21)16-8-7-9-16)13-15-10-11-17(24-4)18(12-15)25-26(22,23)6-2/h10-12,14,16H,5-9,13H2,1-4H3/t14-/m0/s1. The molecule has 1 saturated carbocycles. The number of hydrogen-bond acceptors (Lipinski definition) is 5. The Hall–Kier alpha value is -1.76. The number of amides is 1. The molecular weight excluding hydrogens is 354 g/mol. The summed E-state index contributed by atoms with van der Waals surface area (Å²) in [5.74, 6) is 0.696. The number of methoxy groups -OCH3 is 1. The number of carbonyl (C=O) groups is 1. The van der Waals surface area contributed by atoms with Gasteiger partial charge in [-0.3, -0.25) is 4.79 Å². The molecule has 7 heteroatoms. The lowest BCUT2D eigenvalue weighted by atomic mass is 9.84. The largest absolute Gasteiger partial charge is 0.493 e. The molecular formula is C19H29NO5S. The summed E-state index contributed by atoms with van der Waals surface area (Å²) in [7, 11) is -2.19. The van der Waals surface area contributed by atoms with Crippen LogP contribution < -0.4 is 8.92 Å². The quantitative estimate of drug-likeness (QED) is 0.612. The Kier molecular flexibility index (Phi) is 6.92. The molecule has 1 aliphatic carbocycles. The fourth-order valence-electron chi connectivity index (χ4n) is 2.84. The molecule has 0 aromatic heterocycles. The molecule has 0 radical (unpaired) electrons. The molecule has 26 heavy (non-hydrogen) atoms. The van der Waals surface area contributed by atoms with Gasteiger partial charge in [0.25, 0.3) is 0 Å². The zero-order chi connectivity index (χ0) is 19.3. The minimum absolute atomic E-state index is 0.119. The van der Waals surface area contributed by atoms with Crippen LogP contribution in [-0.2, 0) is 21.5 Å². The second-order valence-corrected chi connectivity index (χ2v) is 8.63. The lowest BCUT2D eigenvalue weighted by Gasteiger charge is -2.35. The van der Waals surface area contributed by atoms with Crippen LogP contribution in [0.15, 0.2) is 18.2 Å². The van der Waals surface area contributed by atoms with E-state index in [1.165, 1.54) is 14.0 Å². The number of benzene rings is 1. The third kappa shape index (κ3) is 4.90. The first-order chi connectivity index (χ1) is 12.3. The van der Waals surface area contributed by atoms with Gasteiger partial charge in [0.15, 0.2) is 11.5 Å². The smallest absolute Gasteiger partial charge is 0.309 e. The Morgan fingerprint density at radius 1 is 1.27 bits per heavy atom. The Bertz CT molecular complexity index is 727. The molecule has 1 fully saturated rings. The van der Waals surface area contributed by atoms with Gasteiger partial charge in [-0.05, 0) is 50.8 Å². The van der Waals surface area contributed by atoms with Crippen LogP contribution in [0, 0.1) is 5.92 Å². The molecule has 0 heterocycles. The van der Waals surface area contributed by atoms with E-state index in [-0.39, 0.29) is 29.4 Å². The van der Waals surface area contributed by atoms with Crippen LogP contribution in [0.5, 0.6) is 11.5 Å². The summed E-state index contributed by atoms with van der Waals surface area (Å²) in [6.45, 7) is 6.05. The highest BCUT2D eigenvalue weighted by Gasteiger charge is 2.31. The van der Waals surface area contributed by atoms with Crippen LogP contribution in [-0.4, -0.2) is 38.1 Å². The number of carbonyl (C=O) groups excluding carboxylic acids is 1. The van der Waals surface area contributed by atoms with Crippen molar-refractivity contribution in [3.63, 3.8) is 0 Å². The summed E-state index contributed by atoms with van der Waals surface area (Å²) in [5, 5.41) is 0. The molecule has 0 N–H and O–H groups in total. The van der Waals surface area contributed by atoms with E-state index in [2.05, 4.69) is 6.92 Å². The second kappa shape index (κ2) is 8.75. The maximum atomic E-state index is 12.8. The van der Waals surface area contributed by atoms with E-state index in [0.29, 0.717) is 12.3 Å². The summed E-state index contributed by atoms with van der Waals surface area (Å²) in [6.07, 6.45) is 3.89. The van der Waals surface area contributed by atoms with E-state index >= 15 is 0 Å². The fraction of sp³-hybridized carbons (Fsp3) is 0.632. The van der Waals surface area contributed by atoms with Crippen molar-refractivity contribution >= 4 is 16.0 Å². The fourth-order valence-corrected chi connectivity index (χ4v) is 3.36. The first-order valence-electron chi connectivity index (χ1n) is 9.20. The van der Waals surface area contributed by atoms with Crippen molar-refractivity contribution in [2.45, 2.75) is 59.0 Å². The van der Waals surface area contributed by atoms with Crippen LogP contribution in [0.1, 0.15) is 52.0 Å². The van der Waals surface area contributed by atoms with Crippen LogP contribution in [0.25, 0.3) is 0 Å². The number of hydrogen-bond donors (Lipinski definition) is 0. The average Bonchev–Trinajstić information content (AvgIpc) is 2.57. The number of nitrogens with zero attached hydrogens (tertiary/aromatic N) is 1. The number of rotatable bonds is 9. The summed E-state index contributed by atoms with van der Waals surface area (Å²) >= 11 is 0. The molecule has 1 aromatic carbocycles. The Morgan fingerprint density at radius 3 is 2.46 bits per heavy atom. The molecule has 0 aliphatic heterocycles. The maximum absolute atomic E-state index is 12.8. The van der Waals surface area contributed by atoms with Gasteiger partial charge in [-0.15, -0.1) is 0 Å². The van der Waals surface area contributed by atoms with E-state index in [9.17, 15) is 13.2 Å². The van der Waals surface area contributed by atoms with Crippen molar-refractivity contribution in [2.75, 3.05) is 12.9 Å². The lowest BCUT2D eigenvalue weighted by molar-refractivity contribution is -0.141. The van der Waals surface area contributed by atoms with E-state index in [1.807, 2.05) is 17.9 Å². The van der Waals surface area contributed by atoms with E-state index in [0.717, 1.165) is 31.2 Å². The minimum atomic E-state index is -3.66. The van der Waals surface area contributed by atoms with Crippen LogP contribution in [0.3, 0.4) is 0 Å². The van der Waals surface area contributed by atoms with E-state index in [1.54, 1.807) is 12.1 Å². The van der Waals surface area contributed by atoms with Gasteiger partial charge in [-0.25, -0.2) is 0 Å². The monoisotopic (exact) mass is 383 g/mol. The van der Waals surface area contributed by atoms with Gasteiger partial charge in [0.1, 0.15) is 0 Å².